The number of nitrogens with zero attached hydrogens (tertiary/aromatic N) is 4. The van der Waals surface area contributed by atoms with Crippen molar-refractivity contribution in [3.63, 3.8) is 0 Å². The number of hydrogen-bond donors (Lipinski definition) is 0. The van der Waals surface area contributed by atoms with Crippen LogP contribution in [0.25, 0.3) is 11.0 Å². The van der Waals surface area contributed by atoms with Gasteiger partial charge in [0.2, 0.25) is 0 Å². The molecule has 0 radical (unpaired) electrons. The molecule has 0 N–H and O–H groups in total. The zero-order chi connectivity index (χ0) is 22.9. The minimum Gasteiger partial charge on any atom is -0.379 e. The molecule has 2 aliphatic rings. The second-order valence-corrected chi connectivity index (χ2v) is 9.96. The number of anilines is 1. The predicted molar refractivity (Wildman–Crippen MR) is 135 cm³/mol. The Labute approximate surface area is 208 Å². The van der Waals surface area contributed by atoms with Crippen LogP contribution >= 0.6 is 34.8 Å². The van der Waals surface area contributed by atoms with Crippen molar-refractivity contribution in [2.24, 2.45) is 0 Å². The summed E-state index contributed by atoms with van der Waals surface area (Å²) in [5.41, 5.74) is 2.89. The average molecular weight is 510 g/mol. The Hall–Kier alpha value is -1.70. The van der Waals surface area contributed by atoms with E-state index in [4.69, 9.17) is 39.5 Å². The first-order valence-electron chi connectivity index (χ1n) is 11.4. The fourth-order valence-electron chi connectivity index (χ4n) is 4.94. The molecule has 2 saturated heterocycles. The van der Waals surface area contributed by atoms with E-state index >= 15 is 0 Å². The SMILES string of the molecule is O=c1n(CCN2CCOCC2)c2cc(Cl)c(Cl)cc2n1C1CCN(c2ccc(Cl)cc2)CC1. The van der Waals surface area contributed by atoms with Crippen LogP contribution in [0.3, 0.4) is 0 Å². The summed E-state index contributed by atoms with van der Waals surface area (Å²) in [6.07, 6.45) is 1.76. The van der Waals surface area contributed by atoms with Gasteiger partial charge in [0.25, 0.3) is 0 Å². The fourth-order valence-corrected chi connectivity index (χ4v) is 5.38. The molecule has 1 aromatic heterocycles. The zero-order valence-electron chi connectivity index (χ0n) is 18.4. The molecule has 9 heteroatoms. The van der Waals surface area contributed by atoms with Crippen molar-refractivity contribution in [3.05, 3.63) is 62.0 Å². The van der Waals surface area contributed by atoms with E-state index in [9.17, 15) is 4.79 Å². The van der Waals surface area contributed by atoms with Crippen molar-refractivity contribution < 1.29 is 4.74 Å². The molecule has 176 valence electrons. The van der Waals surface area contributed by atoms with E-state index < -0.39 is 0 Å². The molecule has 2 aliphatic heterocycles. The van der Waals surface area contributed by atoms with Crippen LogP contribution in [0.4, 0.5) is 5.69 Å². The van der Waals surface area contributed by atoms with Crippen LogP contribution in [0.5, 0.6) is 0 Å². The standard InChI is InChI=1S/C24H27Cl3N4O2/c25-17-1-3-18(4-2-17)29-7-5-19(6-8-29)31-23-16-21(27)20(26)15-22(23)30(24(31)32)10-9-28-11-13-33-14-12-28/h1-4,15-16,19H,5-14H2. The highest BCUT2D eigenvalue weighted by molar-refractivity contribution is 6.42. The maximum atomic E-state index is 13.6. The van der Waals surface area contributed by atoms with Crippen molar-refractivity contribution in [2.45, 2.75) is 25.4 Å². The first-order valence-corrected chi connectivity index (χ1v) is 12.5. The summed E-state index contributed by atoms with van der Waals surface area (Å²) in [7, 11) is 0. The van der Waals surface area contributed by atoms with Crippen molar-refractivity contribution in [1.82, 2.24) is 14.0 Å². The summed E-state index contributed by atoms with van der Waals surface area (Å²) < 4.78 is 9.25. The molecule has 5 rings (SSSR count). The Morgan fingerprint density at radius 2 is 1.48 bits per heavy atom. The normalized spacial score (nSPS) is 18.3. The van der Waals surface area contributed by atoms with Crippen LogP contribution in [0, 0.1) is 0 Å². The molecule has 2 fully saturated rings. The van der Waals surface area contributed by atoms with Crippen LogP contribution in [0.1, 0.15) is 18.9 Å². The molecule has 0 unspecified atom stereocenters. The van der Waals surface area contributed by atoms with Crippen molar-refractivity contribution in [1.29, 1.82) is 0 Å². The number of hydrogen-bond acceptors (Lipinski definition) is 4. The molecule has 0 amide bonds. The van der Waals surface area contributed by atoms with E-state index in [1.54, 1.807) is 0 Å². The zero-order valence-corrected chi connectivity index (χ0v) is 20.6. The molecule has 0 bridgehead atoms. The van der Waals surface area contributed by atoms with E-state index in [0.29, 0.717) is 16.6 Å². The third kappa shape index (κ3) is 4.77. The molecule has 6 nitrogen and oxygen atoms in total. The van der Waals surface area contributed by atoms with E-state index in [1.807, 2.05) is 45.5 Å². The Bertz CT molecular complexity index is 1180. The molecule has 0 aliphatic carbocycles. The Morgan fingerprint density at radius 1 is 0.848 bits per heavy atom. The van der Waals surface area contributed by atoms with Gasteiger partial charge >= 0.3 is 5.69 Å². The number of imidazole rings is 1. The van der Waals surface area contributed by atoms with E-state index in [1.165, 1.54) is 0 Å². The lowest BCUT2D eigenvalue weighted by molar-refractivity contribution is 0.0364. The number of ether oxygens (including phenoxy) is 1. The van der Waals surface area contributed by atoms with E-state index in [-0.39, 0.29) is 11.7 Å². The maximum Gasteiger partial charge on any atom is 0.329 e. The Morgan fingerprint density at radius 3 is 2.15 bits per heavy atom. The van der Waals surface area contributed by atoms with Gasteiger partial charge in [0.05, 0.1) is 34.3 Å². The smallest absolute Gasteiger partial charge is 0.329 e. The van der Waals surface area contributed by atoms with Crippen molar-refractivity contribution >= 4 is 51.5 Å². The van der Waals surface area contributed by atoms with Crippen molar-refractivity contribution in [2.75, 3.05) is 50.8 Å². The molecular weight excluding hydrogens is 483 g/mol. The van der Waals surface area contributed by atoms with Gasteiger partial charge in [0.15, 0.2) is 0 Å². The first kappa shape index (κ1) is 23.1. The number of halogens is 3. The minimum atomic E-state index is 0.0153. The molecule has 3 aromatic rings. The molecule has 0 saturated carbocycles. The quantitative estimate of drug-likeness (QED) is 0.489. The monoisotopic (exact) mass is 508 g/mol. The highest BCUT2D eigenvalue weighted by Gasteiger charge is 2.26. The van der Waals surface area contributed by atoms with Gasteiger partial charge in [-0.05, 0) is 49.2 Å². The number of aromatic nitrogens is 2. The third-order valence-corrected chi connectivity index (χ3v) is 7.74. The van der Waals surface area contributed by atoms with Crippen LogP contribution in [0.2, 0.25) is 15.1 Å². The minimum absolute atomic E-state index is 0.0153. The summed E-state index contributed by atoms with van der Waals surface area (Å²) in [6, 6.07) is 11.7. The number of morpholine rings is 1. The second-order valence-electron chi connectivity index (χ2n) is 8.71. The fraction of sp³-hybridized carbons (Fsp3) is 0.458. The largest absolute Gasteiger partial charge is 0.379 e. The lowest BCUT2D eigenvalue weighted by Gasteiger charge is -2.34. The van der Waals surface area contributed by atoms with Gasteiger partial charge in [-0.15, -0.1) is 0 Å². The lowest BCUT2D eigenvalue weighted by atomic mass is 10.0. The summed E-state index contributed by atoms with van der Waals surface area (Å²) in [4.78, 5) is 18.3. The van der Waals surface area contributed by atoms with Gasteiger partial charge in [-0.2, -0.15) is 0 Å². The van der Waals surface area contributed by atoms with Gasteiger partial charge in [0.1, 0.15) is 0 Å². The molecule has 2 aromatic carbocycles. The van der Waals surface area contributed by atoms with Crippen LogP contribution < -0.4 is 10.6 Å². The lowest BCUT2D eigenvalue weighted by Crippen LogP contribution is -2.40. The number of rotatable bonds is 5. The Kier molecular flexibility index (Phi) is 6.91. The maximum absolute atomic E-state index is 13.6. The van der Waals surface area contributed by atoms with Crippen LogP contribution in [-0.2, 0) is 11.3 Å². The molecule has 33 heavy (non-hydrogen) atoms. The number of fused-ring (bicyclic) bond motifs is 1. The van der Waals surface area contributed by atoms with Gasteiger partial charge < -0.3 is 9.64 Å². The van der Waals surface area contributed by atoms with Crippen LogP contribution in [0.15, 0.2) is 41.2 Å². The molecule has 0 spiro atoms. The second kappa shape index (κ2) is 9.88. The molecule has 3 heterocycles. The number of piperidine rings is 1. The van der Waals surface area contributed by atoms with E-state index in [0.717, 1.165) is 80.5 Å². The topological polar surface area (TPSA) is 42.6 Å². The number of benzene rings is 2. The molecule has 0 atom stereocenters. The average Bonchev–Trinajstić information content (AvgIpc) is 3.09. The van der Waals surface area contributed by atoms with Crippen LogP contribution in [-0.4, -0.2) is 60.0 Å². The summed E-state index contributed by atoms with van der Waals surface area (Å²) in [5.74, 6) is 0. The van der Waals surface area contributed by atoms with E-state index in [2.05, 4.69) is 9.80 Å². The van der Waals surface area contributed by atoms with Crippen molar-refractivity contribution in [3.8, 4) is 0 Å². The highest BCUT2D eigenvalue weighted by Crippen LogP contribution is 2.32. The molecular formula is C24H27Cl3N4O2. The first-order chi connectivity index (χ1) is 16.0. The summed E-state index contributed by atoms with van der Waals surface area (Å²) in [5, 5.41) is 1.68. The van der Waals surface area contributed by atoms with Gasteiger partial charge in [-0.25, -0.2) is 4.79 Å². The Balaban J connectivity index is 1.41. The highest BCUT2D eigenvalue weighted by atomic mass is 35.5. The predicted octanol–water partition coefficient (Wildman–Crippen LogP) is 4.94. The van der Waals surface area contributed by atoms with Gasteiger partial charge in [-0.1, -0.05) is 34.8 Å². The summed E-state index contributed by atoms with van der Waals surface area (Å²) in [6.45, 7) is 6.43. The summed E-state index contributed by atoms with van der Waals surface area (Å²) >= 11 is 18.8. The van der Waals surface area contributed by atoms with Gasteiger partial charge in [0, 0.05) is 56.0 Å². The third-order valence-electron chi connectivity index (χ3n) is 6.77. The van der Waals surface area contributed by atoms with Gasteiger partial charge in [-0.3, -0.25) is 14.0 Å².